The predicted molar refractivity (Wildman–Crippen MR) is 81.3 cm³/mol. The summed E-state index contributed by atoms with van der Waals surface area (Å²) in [6, 6.07) is 0.495. The molecule has 0 bridgehead atoms. The lowest BCUT2D eigenvalue weighted by atomic mass is 10.2. The number of hydrogen-bond acceptors (Lipinski definition) is 5. The van der Waals surface area contributed by atoms with E-state index in [9.17, 15) is 0 Å². The number of ether oxygens (including phenoxy) is 1. The smallest absolute Gasteiger partial charge is 0.138 e. The highest BCUT2D eigenvalue weighted by Gasteiger charge is 2.25. The molecule has 1 aromatic heterocycles. The van der Waals surface area contributed by atoms with Gasteiger partial charge in [-0.25, -0.2) is 9.67 Å². The topological polar surface area (TPSA) is 46.4 Å². The lowest BCUT2D eigenvalue weighted by Gasteiger charge is -2.36. The summed E-state index contributed by atoms with van der Waals surface area (Å²) in [4.78, 5) is 9.24. The summed E-state index contributed by atoms with van der Waals surface area (Å²) < 4.78 is 7.89. The Morgan fingerprint density at radius 2 is 2.10 bits per heavy atom. The SMILES string of the molecule is C[C@@H]1CN(CCN(C)CC2CCc3ncnn32)C[C@H](C)O1. The minimum Gasteiger partial charge on any atom is -0.373 e. The Balaban J connectivity index is 1.44. The molecule has 2 aliphatic heterocycles. The molecule has 0 aliphatic carbocycles. The summed E-state index contributed by atoms with van der Waals surface area (Å²) in [5.41, 5.74) is 0. The average Bonchev–Trinajstić information content (AvgIpc) is 3.00. The van der Waals surface area contributed by atoms with Crippen LogP contribution in [0.2, 0.25) is 0 Å². The summed E-state index contributed by atoms with van der Waals surface area (Å²) in [5, 5.41) is 4.35. The van der Waals surface area contributed by atoms with Gasteiger partial charge in [0.1, 0.15) is 12.2 Å². The maximum atomic E-state index is 5.79. The average molecular weight is 293 g/mol. The van der Waals surface area contributed by atoms with Crippen molar-refractivity contribution in [1.82, 2.24) is 24.6 Å². The number of aromatic nitrogens is 3. The molecule has 3 atom stereocenters. The van der Waals surface area contributed by atoms with E-state index >= 15 is 0 Å². The molecule has 2 aliphatic rings. The molecular weight excluding hydrogens is 266 g/mol. The van der Waals surface area contributed by atoms with Crippen molar-refractivity contribution >= 4 is 0 Å². The second kappa shape index (κ2) is 6.42. The number of aryl methyl sites for hydroxylation is 1. The molecule has 3 rings (SSSR count). The van der Waals surface area contributed by atoms with Crippen molar-refractivity contribution in [2.75, 3.05) is 39.8 Å². The molecule has 21 heavy (non-hydrogen) atoms. The lowest BCUT2D eigenvalue weighted by molar-refractivity contribution is -0.0691. The maximum Gasteiger partial charge on any atom is 0.138 e. The normalized spacial score (nSPS) is 30.0. The Morgan fingerprint density at radius 1 is 1.33 bits per heavy atom. The highest BCUT2D eigenvalue weighted by Crippen LogP contribution is 2.23. The third-order valence-corrected chi connectivity index (χ3v) is 4.51. The summed E-state index contributed by atoms with van der Waals surface area (Å²) in [6.45, 7) is 9.70. The third-order valence-electron chi connectivity index (χ3n) is 4.51. The van der Waals surface area contributed by atoms with Gasteiger partial charge in [0, 0.05) is 39.1 Å². The van der Waals surface area contributed by atoms with Crippen LogP contribution in [0.1, 0.15) is 32.1 Å². The number of hydrogen-bond donors (Lipinski definition) is 0. The van der Waals surface area contributed by atoms with Crippen molar-refractivity contribution in [3.05, 3.63) is 12.2 Å². The first kappa shape index (κ1) is 14.9. The Bertz CT molecular complexity index is 453. The van der Waals surface area contributed by atoms with E-state index in [4.69, 9.17) is 4.74 Å². The summed E-state index contributed by atoms with van der Waals surface area (Å²) >= 11 is 0. The van der Waals surface area contributed by atoms with Crippen LogP contribution >= 0.6 is 0 Å². The fourth-order valence-electron chi connectivity index (χ4n) is 3.57. The zero-order chi connectivity index (χ0) is 14.8. The monoisotopic (exact) mass is 293 g/mol. The minimum atomic E-state index is 0.353. The highest BCUT2D eigenvalue weighted by atomic mass is 16.5. The second-order valence-corrected chi connectivity index (χ2v) is 6.59. The van der Waals surface area contributed by atoms with Gasteiger partial charge in [-0.2, -0.15) is 5.10 Å². The van der Waals surface area contributed by atoms with Crippen LogP contribution in [-0.2, 0) is 11.2 Å². The molecule has 6 nitrogen and oxygen atoms in total. The van der Waals surface area contributed by atoms with Crippen LogP contribution in [0.4, 0.5) is 0 Å². The quantitative estimate of drug-likeness (QED) is 0.804. The lowest BCUT2D eigenvalue weighted by Crippen LogP contribution is -2.47. The van der Waals surface area contributed by atoms with E-state index in [1.807, 2.05) is 0 Å². The Kier molecular flexibility index (Phi) is 4.57. The van der Waals surface area contributed by atoms with Crippen molar-refractivity contribution < 1.29 is 4.74 Å². The molecule has 1 saturated heterocycles. The van der Waals surface area contributed by atoms with Crippen molar-refractivity contribution in [3.8, 4) is 0 Å². The first-order valence-corrected chi connectivity index (χ1v) is 8.06. The van der Waals surface area contributed by atoms with Crippen LogP contribution in [0, 0.1) is 0 Å². The largest absolute Gasteiger partial charge is 0.373 e. The summed E-state index contributed by atoms with van der Waals surface area (Å²) in [6.07, 6.45) is 4.62. The van der Waals surface area contributed by atoms with Gasteiger partial charge >= 0.3 is 0 Å². The molecule has 1 aromatic rings. The van der Waals surface area contributed by atoms with Gasteiger partial charge in [-0.15, -0.1) is 0 Å². The molecule has 0 spiro atoms. The van der Waals surface area contributed by atoms with E-state index in [2.05, 4.69) is 45.5 Å². The van der Waals surface area contributed by atoms with E-state index in [0.717, 1.165) is 45.0 Å². The van der Waals surface area contributed by atoms with E-state index in [1.165, 1.54) is 6.42 Å². The number of likely N-dealkylation sites (N-methyl/N-ethyl adjacent to an activating group) is 1. The fourth-order valence-corrected chi connectivity index (χ4v) is 3.57. The van der Waals surface area contributed by atoms with Crippen LogP contribution in [0.3, 0.4) is 0 Å². The van der Waals surface area contributed by atoms with Crippen molar-refractivity contribution in [3.63, 3.8) is 0 Å². The van der Waals surface area contributed by atoms with E-state index in [0.29, 0.717) is 18.2 Å². The van der Waals surface area contributed by atoms with Crippen LogP contribution < -0.4 is 0 Å². The predicted octanol–water partition coefficient (Wildman–Crippen LogP) is 0.806. The number of fused-ring (bicyclic) bond motifs is 1. The molecule has 6 heteroatoms. The summed E-state index contributed by atoms with van der Waals surface area (Å²) in [5.74, 6) is 1.14. The van der Waals surface area contributed by atoms with E-state index in [1.54, 1.807) is 6.33 Å². The molecule has 0 amide bonds. The Morgan fingerprint density at radius 3 is 2.86 bits per heavy atom. The van der Waals surface area contributed by atoms with Gasteiger partial charge in [-0.1, -0.05) is 0 Å². The van der Waals surface area contributed by atoms with Crippen molar-refractivity contribution in [1.29, 1.82) is 0 Å². The molecule has 118 valence electrons. The number of nitrogens with zero attached hydrogens (tertiary/aromatic N) is 5. The van der Waals surface area contributed by atoms with Crippen LogP contribution in [0.5, 0.6) is 0 Å². The standard InChI is InChI=1S/C15H27N5O/c1-12-8-19(9-13(2)21-12)7-6-18(3)10-14-4-5-15-16-11-17-20(14)15/h11-14H,4-10H2,1-3H3/t12-,13+,14?. The highest BCUT2D eigenvalue weighted by molar-refractivity contribution is 4.96. The van der Waals surface area contributed by atoms with Crippen LogP contribution in [-0.4, -0.2) is 76.5 Å². The van der Waals surface area contributed by atoms with Crippen LogP contribution in [0.25, 0.3) is 0 Å². The molecule has 1 fully saturated rings. The first-order chi connectivity index (χ1) is 10.1. The molecule has 1 unspecified atom stereocenters. The van der Waals surface area contributed by atoms with Crippen molar-refractivity contribution in [2.45, 2.75) is 44.9 Å². The van der Waals surface area contributed by atoms with Gasteiger partial charge in [-0.05, 0) is 27.3 Å². The minimum absolute atomic E-state index is 0.353. The van der Waals surface area contributed by atoms with E-state index < -0.39 is 0 Å². The molecular formula is C15H27N5O. The number of rotatable bonds is 5. The molecule has 0 N–H and O–H groups in total. The van der Waals surface area contributed by atoms with Gasteiger partial charge in [0.25, 0.3) is 0 Å². The fraction of sp³-hybridized carbons (Fsp3) is 0.867. The van der Waals surface area contributed by atoms with Gasteiger partial charge in [0.2, 0.25) is 0 Å². The molecule has 0 radical (unpaired) electrons. The van der Waals surface area contributed by atoms with Crippen molar-refractivity contribution in [2.24, 2.45) is 0 Å². The first-order valence-electron chi connectivity index (χ1n) is 8.06. The zero-order valence-corrected chi connectivity index (χ0v) is 13.4. The zero-order valence-electron chi connectivity index (χ0n) is 13.4. The second-order valence-electron chi connectivity index (χ2n) is 6.59. The van der Waals surface area contributed by atoms with Gasteiger partial charge < -0.3 is 9.64 Å². The van der Waals surface area contributed by atoms with E-state index in [-0.39, 0.29) is 0 Å². The Hall–Kier alpha value is -0.980. The van der Waals surface area contributed by atoms with Gasteiger partial charge in [0.15, 0.2) is 0 Å². The van der Waals surface area contributed by atoms with Gasteiger partial charge in [0.05, 0.1) is 18.2 Å². The third kappa shape index (κ3) is 3.62. The maximum absolute atomic E-state index is 5.79. The molecule has 3 heterocycles. The summed E-state index contributed by atoms with van der Waals surface area (Å²) in [7, 11) is 2.21. The Labute approximate surface area is 127 Å². The van der Waals surface area contributed by atoms with Crippen LogP contribution in [0.15, 0.2) is 6.33 Å². The number of morpholine rings is 1. The molecule has 0 saturated carbocycles. The van der Waals surface area contributed by atoms with Gasteiger partial charge in [-0.3, -0.25) is 4.90 Å². The molecule has 0 aromatic carbocycles.